The Bertz CT molecular complexity index is 337. The molecule has 3 nitrogen and oxygen atoms in total. The van der Waals surface area contributed by atoms with Gasteiger partial charge in [-0.3, -0.25) is 0 Å². The summed E-state index contributed by atoms with van der Waals surface area (Å²) < 4.78 is 11.3. The van der Waals surface area contributed by atoms with Gasteiger partial charge >= 0.3 is 0 Å². The number of benzene rings is 1. The third-order valence-electron chi connectivity index (χ3n) is 2.41. The number of ether oxygens (including phenoxy) is 2. The van der Waals surface area contributed by atoms with Gasteiger partial charge < -0.3 is 15.2 Å². The molecular weight excluding hydrogens is 214 g/mol. The first-order valence-corrected chi connectivity index (χ1v) is 6.34. The van der Waals surface area contributed by atoms with Crippen LogP contribution in [-0.4, -0.2) is 13.2 Å². The topological polar surface area (TPSA) is 44.5 Å². The van der Waals surface area contributed by atoms with Gasteiger partial charge in [0.05, 0.1) is 13.2 Å². The minimum Gasteiger partial charge on any atom is -0.493 e. The van der Waals surface area contributed by atoms with Gasteiger partial charge in [0.2, 0.25) is 0 Å². The molecular formula is C14H23NO2. The Morgan fingerprint density at radius 3 is 2.35 bits per heavy atom. The molecule has 1 aromatic rings. The Labute approximate surface area is 104 Å². The molecule has 3 heteroatoms. The second-order valence-corrected chi connectivity index (χ2v) is 4.19. The van der Waals surface area contributed by atoms with Gasteiger partial charge in [-0.25, -0.2) is 0 Å². The van der Waals surface area contributed by atoms with Crippen LogP contribution in [0, 0.1) is 0 Å². The van der Waals surface area contributed by atoms with Crippen molar-refractivity contribution in [2.45, 2.75) is 39.7 Å². The van der Waals surface area contributed by atoms with Gasteiger partial charge in [0.1, 0.15) is 11.5 Å². The van der Waals surface area contributed by atoms with E-state index in [-0.39, 0.29) is 6.04 Å². The highest BCUT2D eigenvalue weighted by molar-refractivity contribution is 5.42. The predicted molar refractivity (Wildman–Crippen MR) is 70.6 cm³/mol. The van der Waals surface area contributed by atoms with Crippen LogP contribution in [0.1, 0.15) is 45.2 Å². The van der Waals surface area contributed by atoms with Crippen LogP contribution in [0.25, 0.3) is 0 Å². The summed E-state index contributed by atoms with van der Waals surface area (Å²) in [7, 11) is 0. The van der Waals surface area contributed by atoms with E-state index in [9.17, 15) is 0 Å². The van der Waals surface area contributed by atoms with Crippen molar-refractivity contribution < 1.29 is 9.47 Å². The molecule has 1 aromatic carbocycles. The molecule has 0 aromatic heterocycles. The first-order chi connectivity index (χ1) is 8.19. The Morgan fingerprint density at radius 1 is 1.12 bits per heavy atom. The zero-order chi connectivity index (χ0) is 12.7. The van der Waals surface area contributed by atoms with Crippen molar-refractivity contribution >= 4 is 0 Å². The normalized spacial score (nSPS) is 12.2. The molecule has 0 aliphatic carbocycles. The fourth-order valence-corrected chi connectivity index (χ4v) is 1.54. The van der Waals surface area contributed by atoms with E-state index in [0.29, 0.717) is 6.61 Å². The zero-order valence-corrected chi connectivity index (χ0v) is 11.0. The van der Waals surface area contributed by atoms with Gasteiger partial charge in [-0.1, -0.05) is 19.9 Å². The highest BCUT2D eigenvalue weighted by Gasteiger charge is 2.09. The fraction of sp³-hybridized carbons (Fsp3) is 0.571. The van der Waals surface area contributed by atoms with Crippen LogP contribution in [0.5, 0.6) is 11.5 Å². The minimum absolute atomic E-state index is 0.0259. The number of nitrogens with two attached hydrogens (primary N) is 1. The fourth-order valence-electron chi connectivity index (χ4n) is 1.54. The highest BCUT2D eigenvalue weighted by atomic mass is 16.5. The van der Waals surface area contributed by atoms with E-state index in [1.807, 2.05) is 25.1 Å². The zero-order valence-electron chi connectivity index (χ0n) is 11.0. The second-order valence-electron chi connectivity index (χ2n) is 4.19. The van der Waals surface area contributed by atoms with Gasteiger partial charge in [-0.05, 0) is 25.8 Å². The van der Waals surface area contributed by atoms with E-state index >= 15 is 0 Å². The van der Waals surface area contributed by atoms with Crippen molar-refractivity contribution in [3.8, 4) is 11.5 Å². The molecule has 0 saturated carbocycles. The number of hydrogen-bond donors (Lipinski definition) is 1. The molecule has 0 fully saturated rings. The lowest BCUT2D eigenvalue weighted by Gasteiger charge is -2.15. The van der Waals surface area contributed by atoms with Crippen LogP contribution in [-0.2, 0) is 0 Å². The van der Waals surface area contributed by atoms with E-state index in [1.54, 1.807) is 0 Å². The largest absolute Gasteiger partial charge is 0.493 e. The quantitative estimate of drug-likeness (QED) is 0.791. The van der Waals surface area contributed by atoms with Crippen LogP contribution < -0.4 is 15.2 Å². The molecule has 1 rings (SSSR count). The van der Waals surface area contributed by atoms with Gasteiger partial charge in [0, 0.05) is 17.7 Å². The lowest BCUT2D eigenvalue weighted by molar-refractivity contribution is 0.298. The van der Waals surface area contributed by atoms with E-state index in [4.69, 9.17) is 15.2 Å². The van der Waals surface area contributed by atoms with Crippen LogP contribution >= 0.6 is 0 Å². The van der Waals surface area contributed by atoms with Crippen molar-refractivity contribution in [1.29, 1.82) is 0 Å². The van der Waals surface area contributed by atoms with E-state index in [1.165, 1.54) is 0 Å². The summed E-state index contributed by atoms with van der Waals surface area (Å²) in [4.78, 5) is 0. The van der Waals surface area contributed by atoms with Crippen LogP contribution in [0.2, 0.25) is 0 Å². The van der Waals surface area contributed by atoms with E-state index < -0.39 is 0 Å². The maximum atomic E-state index is 5.92. The van der Waals surface area contributed by atoms with Gasteiger partial charge in [-0.15, -0.1) is 0 Å². The predicted octanol–water partition coefficient (Wildman–Crippen LogP) is 3.28. The summed E-state index contributed by atoms with van der Waals surface area (Å²) in [6.07, 6.45) is 1.98. The Hall–Kier alpha value is -1.22. The molecule has 1 atom stereocenters. The summed E-state index contributed by atoms with van der Waals surface area (Å²) in [6.45, 7) is 7.57. The average molecular weight is 237 g/mol. The molecule has 0 aliphatic rings. The Morgan fingerprint density at radius 2 is 1.76 bits per heavy atom. The lowest BCUT2D eigenvalue weighted by atomic mass is 10.1. The van der Waals surface area contributed by atoms with Crippen LogP contribution in [0.15, 0.2) is 18.2 Å². The standard InChI is InChI=1S/C14H23NO2/c1-4-8-16-12-6-7-13(11(3)15)14(10-12)17-9-5-2/h6-7,10-11H,4-5,8-9,15H2,1-3H3. The van der Waals surface area contributed by atoms with E-state index in [0.717, 1.165) is 36.5 Å². The first-order valence-electron chi connectivity index (χ1n) is 6.34. The molecule has 0 radical (unpaired) electrons. The van der Waals surface area contributed by atoms with Gasteiger partial charge in [-0.2, -0.15) is 0 Å². The monoisotopic (exact) mass is 237 g/mol. The molecule has 0 saturated heterocycles. The lowest BCUT2D eigenvalue weighted by Crippen LogP contribution is -2.09. The van der Waals surface area contributed by atoms with Crippen molar-refractivity contribution in [3.05, 3.63) is 23.8 Å². The summed E-state index contributed by atoms with van der Waals surface area (Å²) in [5, 5.41) is 0. The molecule has 0 spiro atoms. The molecule has 17 heavy (non-hydrogen) atoms. The average Bonchev–Trinajstić information content (AvgIpc) is 2.33. The van der Waals surface area contributed by atoms with Crippen LogP contribution in [0.3, 0.4) is 0 Å². The highest BCUT2D eigenvalue weighted by Crippen LogP contribution is 2.28. The summed E-state index contributed by atoms with van der Waals surface area (Å²) in [5.74, 6) is 1.69. The third kappa shape index (κ3) is 4.27. The number of hydrogen-bond acceptors (Lipinski definition) is 3. The molecule has 0 amide bonds. The molecule has 0 heterocycles. The second kappa shape index (κ2) is 7.17. The van der Waals surface area contributed by atoms with Crippen molar-refractivity contribution in [2.75, 3.05) is 13.2 Å². The van der Waals surface area contributed by atoms with E-state index in [2.05, 4.69) is 13.8 Å². The summed E-state index contributed by atoms with van der Waals surface area (Å²) in [5.41, 5.74) is 6.95. The van der Waals surface area contributed by atoms with Crippen LogP contribution in [0.4, 0.5) is 0 Å². The minimum atomic E-state index is -0.0259. The molecule has 1 unspecified atom stereocenters. The third-order valence-corrected chi connectivity index (χ3v) is 2.41. The maximum Gasteiger partial charge on any atom is 0.127 e. The SMILES string of the molecule is CCCOc1ccc(C(C)N)c(OCCC)c1. The Balaban J connectivity index is 2.84. The Kier molecular flexibility index (Phi) is 5.84. The molecule has 96 valence electrons. The van der Waals surface area contributed by atoms with Gasteiger partial charge in [0.25, 0.3) is 0 Å². The van der Waals surface area contributed by atoms with Crippen molar-refractivity contribution in [2.24, 2.45) is 5.73 Å². The molecule has 2 N–H and O–H groups in total. The van der Waals surface area contributed by atoms with Crippen molar-refractivity contribution in [1.82, 2.24) is 0 Å². The molecule has 0 bridgehead atoms. The maximum absolute atomic E-state index is 5.92. The number of rotatable bonds is 7. The smallest absolute Gasteiger partial charge is 0.127 e. The summed E-state index contributed by atoms with van der Waals surface area (Å²) in [6, 6.07) is 5.85. The van der Waals surface area contributed by atoms with Gasteiger partial charge in [0.15, 0.2) is 0 Å². The first kappa shape index (κ1) is 13.8. The summed E-state index contributed by atoms with van der Waals surface area (Å²) >= 11 is 0. The molecule has 0 aliphatic heterocycles. The van der Waals surface area contributed by atoms with Crippen molar-refractivity contribution in [3.63, 3.8) is 0 Å².